The van der Waals surface area contributed by atoms with Gasteiger partial charge in [0, 0.05) is 44.5 Å². The van der Waals surface area contributed by atoms with Gasteiger partial charge in [0.25, 0.3) is 0 Å². The zero-order valence-electron chi connectivity index (χ0n) is 25.7. The number of aliphatic hydroxyl groups is 1. The van der Waals surface area contributed by atoms with Gasteiger partial charge < -0.3 is 35.3 Å². The monoisotopic (exact) mass is 619 g/mol. The number of aromatic nitrogens is 4. The highest BCUT2D eigenvalue weighted by atomic mass is 16.5. The first-order chi connectivity index (χ1) is 22.0. The lowest BCUT2D eigenvalue weighted by molar-refractivity contribution is -0.140. The van der Waals surface area contributed by atoms with Gasteiger partial charge >= 0.3 is 0 Å². The molecule has 5 rings (SSSR count). The van der Waals surface area contributed by atoms with E-state index in [0.29, 0.717) is 56.6 Å². The van der Waals surface area contributed by atoms with Gasteiger partial charge in [0.15, 0.2) is 0 Å². The van der Waals surface area contributed by atoms with Gasteiger partial charge in [-0.25, -0.2) is 9.97 Å². The fourth-order valence-electron chi connectivity index (χ4n) is 6.38. The van der Waals surface area contributed by atoms with Crippen LogP contribution in [0.1, 0.15) is 68.1 Å². The van der Waals surface area contributed by atoms with Crippen molar-refractivity contribution >= 4 is 17.7 Å². The van der Waals surface area contributed by atoms with Crippen molar-refractivity contribution in [3.8, 4) is 0 Å². The fourth-order valence-corrected chi connectivity index (χ4v) is 6.38. The zero-order valence-corrected chi connectivity index (χ0v) is 25.7. The third kappa shape index (κ3) is 9.48. The maximum Gasteiger partial charge on any atom is 0.243 e. The first-order valence-corrected chi connectivity index (χ1v) is 16.1. The SMILES string of the molecule is O=C(N[C@@H](Cc1c[nH]cn1)C(=O)N[C@@H](CC1CCCCC1)[C@@H](O)c1ncc[nH]1)C(CC(=O)N1CCOCC1)Cc1ccccc1. The summed E-state index contributed by atoms with van der Waals surface area (Å²) in [4.78, 5) is 57.3. The van der Waals surface area contributed by atoms with Gasteiger partial charge in [-0.2, -0.15) is 0 Å². The smallest absolute Gasteiger partial charge is 0.243 e. The highest BCUT2D eigenvalue weighted by Gasteiger charge is 2.34. The van der Waals surface area contributed by atoms with Crippen LogP contribution in [0.2, 0.25) is 0 Å². The van der Waals surface area contributed by atoms with Crippen LogP contribution < -0.4 is 10.6 Å². The molecule has 1 unspecified atom stereocenters. The van der Waals surface area contributed by atoms with Crippen LogP contribution >= 0.6 is 0 Å². The molecule has 2 fully saturated rings. The Morgan fingerprint density at radius 2 is 1.78 bits per heavy atom. The minimum atomic E-state index is -1.04. The first-order valence-electron chi connectivity index (χ1n) is 16.1. The van der Waals surface area contributed by atoms with Crippen molar-refractivity contribution in [1.82, 2.24) is 35.5 Å². The van der Waals surface area contributed by atoms with E-state index in [2.05, 4.69) is 30.6 Å². The lowest BCUT2D eigenvalue weighted by Crippen LogP contribution is -2.54. The first kappa shape index (κ1) is 32.4. The fraction of sp³-hybridized carbons (Fsp3) is 0.545. The Morgan fingerprint density at radius 3 is 2.47 bits per heavy atom. The topological polar surface area (TPSA) is 165 Å². The van der Waals surface area contributed by atoms with Crippen molar-refractivity contribution in [1.29, 1.82) is 0 Å². The van der Waals surface area contributed by atoms with Gasteiger partial charge in [-0.1, -0.05) is 62.4 Å². The third-order valence-corrected chi connectivity index (χ3v) is 8.90. The number of ether oxygens (including phenoxy) is 1. The number of imidazole rings is 2. The van der Waals surface area contributed by atoms with Gasteiger partial charge in [0.1, 0.15) is 18.0 Å². The zero-order chi connectivity index (χ0) is 31.4. The molecule has 45 heavy (non-hydrogen) atoms. The minimum Gasteiger partial charge on any atom is -0.383 e. The van der Waals surface area contributed by atoms with Crippen LogP contribution in [0.25, 0.3) is 0 Å². The normalized spacial score (nSPS) is 18.5. The quantitative estimate of drug-likeness (QED) is 0.185. The van der Waals surface area contributed by atoms with E-state index in [1.807, 2.05) is 30.3 Å². The Hall–Kier alpha value is -4.03. The second-order valence-electron chi connectivity index (χ2n) is 12.2. The molecule has 1 aliphatic carbocycles. The number of aliphatic hydroxyl groups excluding tert-OH is 1. The van der Waals surface area contributed by atoms with E-state index >= 15 is 0 Å². The predicted octanol–water partition coefficient (Wildman–Crippen LogP) is 2.46. The molecule has 1 saturated carbocycles. The molecule has 1 aliphatic heterocycles. The molecule has 0 spiro atoms. The van der Waals surface area contributed by atoms with Crippen molar-refractivity contribution in [2.24, 2.45) is 11.8 Å². The van der Waals surface area contributed by atoms with Gasteiger partial charge in [-0.3, -0.25) is 14.4 Å². The largest absolute Gasteiger partial charge is 0.383 e. The summed E-state index contributed by atoms with van der Waals surface area (Å²) < 4.78 is 5.40. The number of aromatic amines is 2. The van der Waals surface area contributed by atoms with Gasteiger partial charge in [-0.15, -0.1) is 0 Å². The molecule has 2 aliphatic rings. The lowest BCUT2D eigenvalue weighted by atomic mass is 9.83. The molecule has 12 heteroatoms. The van der Waals surface area contributed by atoms with E-state index in [1.54, 1.807) is 23.5 Å². The van der Waals surface area contributed by atoms with Gasteiger partial charge in [0.05, 0.1) is 37.2 Å². The molecule has 5 N–H and O–H groups in total. The molecule has 3 amide bonds. The number of hydrogen-bond acceptors (Lipinski definition) is 7. The maximum atomic E-state index is 14.0. The Morgan fingerprint density at radius 1 is 1.00 bits per heavy atom. The molecule has 242 valence electrons. The predicted molar refractivity (Wildman–Crippen MR) is 167 cm³/mol. The van der Waals surface area contributed by atoms with Crippen LogP contribution in [0.5, 0.6) is 0 Å². The van der Waals surface area contributed by atoms with Crippen molar-refractivity contribution < 1.29 is 24.2 Å². The molecule has 12 nitrogen and oxygen atoms in total. The van der Waals surface area contributed by atoms with Crippen molar-refractivity contribution in [2.45, 2.75) is 76.0 Å². The van der Waals surface area contributed by atoms with Crippen LogP contribution in [0, 0.1) is 11.8 Å². The van der Waals surface area contributed by atoms with E-state index < -0.39 is 30.0 Å². The Balaban J connectivity index is 1.34. The number of morpholine rings is 1. The number of amides is 3. The standard InChI is InChI=1S/C33H45N7O5/c41-29(40-13-15-45-16-14-40)19-25(17-23-7-3-1-4-8-23)32(43)39-28(20-26-21-34-22-37-26)33(44)38-27(18-24-9-5-2-6-10-24)30(42)31-35-11-12-36-31/h1,3-4,7-8,11-12,21-22,24-25,27-28,30,42H,2,5-6,9-10,13-20H2,(H,34,37)(H,35,36)(H,38,44)(H,39,43)/t25?,27-,28-,30+/m0/s1. The summed E-state index contributed by atoms with van der Waals surface area (Å²) in [7, 11) is 0. The van der Waals surface area contributed by atoms with Crippen molar-refractivity contribution in [3.63, 3.8) is 0 Å². The summed E-state index contributed by atoms with van der Waals surface area (Å²) in [6.07, 6.45) is 12.0. The molecular weight excluding hydrogens is 574 g/mol. The average Bonchev–Trinajstić information content (AvgIpc) is 3.80. The molecule has 3 aromatic rings. The van der Waals surface area contributed by atoms with Crippen LogP contribution in [-0.4, -0.2) is 86.1 Å². The van der Waals surface area contributed by atoms with E-state index in [-0.39, 0.29) is 24.7 Å². The number of nitrogens with one attached hydrogen (secondary N) is 4. The Labute approximate surface area is 263 Å². The number of hydrogen-bond donors (Lipinski definition) is 5. The van der Waals surface area contributed by atoms with Gasteiger partial charge in [-0.05, 0) is 24.3 Å². The van der Waals surface area contributed by atoms with E-state index in [1.165, 1.54) is 12.7 Å². The summed E-state index contributed by atoms with van der Waals surface area (Å²) in [5.74, 6) is -0.855. The van der Waals surface area contributed by atoms with Crippen LogP contribution in [0.4, 0.5) is 0 Å². The summed E-state index contributed by atoms with van der Waals surface area (Å²) >= 11 is 0. The number of nitrogens with zero attached hydrogens (tertiary/aromatic N) is 3. The maximum absolute atomic E-state index is 14.0. The Kier molecular flexibility index (Phi) is 11.7. The molecule has 4 atom stereocenters. The van der Waals surface area contributed by atoms with E-state index in [9.17, 15) is 19.5 Å². The van der Waals surface area contributed by atoms with Crippen molar-refractivity contribution in [3.05, 3.63) is 72.3 Å². The summed E-state index contributed by atoms with van der Waals surface area (Å²) in [5, 5.41) is 17.3. The highest BCUT2D eigenvalue weighted by Crippen LogP contribution is 2.30. The lowest BCUT2D eigenvalue weighted by Gasteiger charge is -2.31. The number of rotatable bonds is 14. The van der Waals surface area contributed by atoms with Crippen molar-refractivity contribution in [2.75, 3.05) is 26.3 Å². The number of H-pyrrole nitrogens is 2. The summed E-state index contributed by atoms with van der Waals surface area (Å²) in [6, 6.07) is 7.99. The molecule has 3 heterocycles. The average molecular weight is 620 g/mol. The summed E-state index contributed by atoms with van der Waals surface area (Å²) in [6.45, 7) is 1.92. The molecule has 1 aromatic carbocycles. The molecular formula is C33H45N7O5. The van der Waals surface area contributed by atoms with Gasteiger partial charge in [0.2, 0.25) is 17.7 Å². The molecule has 2 aromatic heterocycles. The van der Waals surface area contributed by atoms with E-state index in [0.717, 1.165) is 31.2 Å². The summed E-state index contributed by atoms with van der Waals surface area (Å²) in [5.41, 5.74) is 1.53. The third-order valence-electron chi connectivity index (χ3n) is 8.90. The number of carbonyl (C=O) groups is 3. The van der Waals surface area contributed by atoms with Crippen LogP contribution in [-0.2, 0) is 32.0 Å². The highest BCUT2D eigenvalue weighted by molar-refractivity contribution is 5.91. The Bertz CT molecular complexity index is 1320. The minimum absolute atomic E-state index is 0.0129. The van der Waals surface area contributed by atoms with Crippen LogP contribution in [0.3, 0.4) is 0 Å². The molecule has 0 radical (unpaired) electrons. The number of benzene rings is 1. The van der Waals surface area contributed by atoms with Crippen LogP contribution in [0.15, 0.2) is 55.2 Å². The number of carbonyl (C=O) groups excluding carboxylic acids is 3. The second-order valence-corrected chi connectivity index (χ2v) is 12.2. The molecule has 0 bridgehead atoms. The van der Waals surface area contributed by atoms with E-state index in [4.69, 9.17) is 4.74 Å². The molecule has 1 saturated heterocycles. The second kappa shape index (κ2) is 16.3.